The zero-order valence-corrected chi connectivity index (χ0v) is 9.48. The third-order valence-electron chi connectivity index (χ3n) is 2.64. The summed E-state index contributed by atoms with van der Waals surface area (Å²) in [7, 11) is 1.51. The molecule has 1 aliphatic carbocycles. The van der Waals surface area contributed by atoms with Crippen LogP contribution in [-0.4, -0.2) is 8.42 Å². The lowest BCUT2D eigenvalue weighted by Crippen LogP contribution is -2.07. The number of rotatable bonds is 1. The molecule has 2 rings (SSSR count). The Morgan fingerprint density at radius 1 is 1.40 bits per heavy atom. The van der Waals surface area contributed by atoms with E-state index in [1.807, 2.05) is 0 Å². The van der Waals surface area contributed by atoms with Crippen LogP contribution in [-0.2, 0) is 15.5 Å². The molecule has 0 saturated heterocycles. The molecular weight excluding hydrogens is 239 g/mol. The molecule has 82 valence electrons. The van der Waals surface area contributed by atoms with Crippen molar-refractivity contribution in [1.82, 2.24) is 0 Å². The summed E-state index contributed by atoms with van der Waals surface area (Å²) in [5, 5.41) is 0. The van der Waals surface area contributed by atoms with Crippen molar-refractivity contribution in [3.63, 3.8) is 0 Å². The second kappa shape index (κ2) is 3.76. The van der Waals surface area contributed by atoms with Crippen molar-refractivity contribution in [1.29, 1.82) is 0 Å². The van der Waals surface area contributed by atoms with Crippen LogP contribution < -0.4 is 0 Å². The summed E-state index contributed by atoms with van der Waals surface area (Å²) in [4.78, 5) is 0.0528. The summed E-state index contributed by atoms with van der Waals surface area (Å²) in [5.74, 6) is 0. The molecule has 0 N–H and O–H groups in total. The number of halogens is 2. The lowest BCUT2D eigenvalue weighted by Gasteiger charge is -2.19. The van der Waals surface area contributed by atoms with E-state index in [9.17, 15) is 12.8 Å². The van der Waals surface area contributed by atoms with Gasteiger partial charge in [-0.25, -0.2) is 12.8 Å². The average molecular weight is 249 g/mol. The lowest BCUT2D eigenvalue weighted by atomic mass is 9.90. The SMILES string of the molecule is O=S(=O)(Cl)c1ccc2c(c1)CCCC2F. The molecule has 5 heteroatoms. The van der Waals surface area contributed by atoms with Gasteiger partial charge in [-0.1, -0.05) is 6.07 Å². The fourth-order valence-corrected chi connectivity index (χ4v) is 2.68. The van der Waals surface area contributed by atoms with Gasteiger partial charge in [0.2, 0.25) is 0 Å². The largest absolute Gasteiger partial charge is 0.261 e. The smallest absolute Gasteiger partial charge is 0.242 e. The van der Waals surface area contributed by atoms with Gasteiger partial charge >= 0.3 is 0 Å². The summed E-state index contributed by atoms with van der Waals surface area (Å²) in [6.07, 6.45) is 1.01. The Morgan fingerprint density at radius 2 is 2.13 bits per heavy atom. The van der Waals surface area contributed by atoms with Gasteiger partial charge in [0.1, 0.15) is 6.17 Å². The van der Waals surface area contributed by atoms with Crippen LogP contribution in [0.3, 0.4) is 0 Å². The topological polar surface area (TPSA) is 34.1 Å². The number of alkyl halides is 1. The Morgan fingerprint density at radius 3 is 2.80 bits per heavy atom. The van der Waals surface area contributed by atoms with Crippen LogP contribution in [0.5, 0.6) is 0 Å². The number of hydrogen-bond donors (Lipinski definition) is 0. The van der Waals surface area contributed by atoms with Gasteiger partial charge < -0.3 is 0 Å². The highest BCUT2D eigenvalue weighted by Gasteiger charge is 2.21. The summed E-state index contributed by atoms with van der Waals surface area (Å²) in [6.45, 7) is 0. The molecule has 0 radical (unpaired) electrons. The first-order valence-electron chi connectivity index (χ1n) is 4.70. The van der Waals surface area contributed by atoms with Crippen molar-refractivity contribution >= 4 is 19.7 Å². The fourth-order valence-electron chi connectivity index (χ4n) is 1.88. The summed E-state index contributed by atoms with van der Waals surface area (Å²) < 4.78 is 35.6. The van der Waals surface area contributed by atoms with Crippen molar-refractivity contribution in [3.8, 4) is 0 Å². The predicted molar refractivity (Wildman–Crippen MR) is 56.3 cm³/mol. The van der Waals surface area contributed by atoms with E-state index in [0.29, 0.717) is 12.0 Å². The first kappa shape index (κ1) is 10.9. The van der Waals surface area contributed by atoms with E-state index in [-0.39, 0.29) is 4.90 Å². The van der Waals surface area contributed by atoms with Gasteiger partial charge in [0.05, 0.1) is 4.90 Å². The van der Waals surface area contributed by atoms with Gasteiger partial charge in [0.15, 0.2) is 0 Å². The second-order valence-corrected chi connectivity index (χ2v) is 6.22. The Kier molecular flexibility index (Phi) is 2.73. The third-order valence-corrected chi connectivity index (χ3v) is 3.99. The van der Waals surface area contributed by atoms with Crippen molar-refractivity contribution in [2.75, 3.05) is 0 Å². The van der Waals surface area contributed by atoms with Crippen LogP contribution in [0, 0.1) is 0 Å². The monoisotopic (exact) mass is 248 g/mol. The number of hydrogen-bond acceptors (Lipinski definition) is 2. The molecule has 1 unspecified atom stereocenters. The van der Waals surface area contributed by atoms with Crippen LogP contribution in [0.4, 0.5) is 4.39 Å². The molecule has 0 saturated carbocycles. The van der Waals surface area contributed by atoms with Crippen molar-refractivity contribution in [2.45, 2.75) is 30.3 Å². The maximum atomic E-state index is 13.4. The van der Waals surface area contributed by atoms with E-state index in [2.05, 4.69) is 0 Å². The summed E-state index contributed by atoms with van der Waals surface area (Å²) >= 11 is 0. The van der Waals surface area contributed by atoms with E-state index in [1.165, 1.54) is 18.2 Å². The molecule has 0 bridgehead atoms. The maximum absolute atomic E-state index is 13.4. The highest BCUT2D eigenvalue weighted by molar-refractivity contribution is 8.13. The molecule has 0 amide bonds. The van der Waals surface area contributed by atoms with Crippen molar-refractivity contribution in [3.05, 3.63) is 29.3 Å². The lowest BCUT2D eigenvalue weighted by molar-refractivity contribution is 0.302. The minimum atomic E-state index is -3.70. The number of fused-ring (bicyclic) bond motifs is 1. The standard InChI is InChI=1S/C10H10ClFO2S/c11-15(13,14)8-4-5-9-7(6-8)2-1-3-10(9)12/h4-6,10H,1-3H2. The van der Waals surface area contributed by atoms with Gasteiger partial charge in [0.25, 0.3) is 9.05 Å². The van der Waals surface area contributed by atoms with Crippen LogP contribution in [0.25, 0.3) is 0 Å². The molecule has 1 aromatic carbocycles. The average Bonchev–Trinajstić information content (AvgIpc) is 2.16. The highest BCUT2D eigenvalue weighted by Crippen LogP contribution is 2.34. The minimum Gasteiger partial charge on any atom is -0.242 e. The third kappa shape index (κ3) is 2.16. The minimum absolute atomic E-state index is 0.0528. The van der Waals surface area contributed by atoms with Crippen LogP contribution >= 0.6 is 10.7 Å². The van der Waals surface area contributed by atoms with E-state index >= 15 is 0 Å². The van der Waals surface area contributed by atoms with Crippen LogP contribution in [0.15, 0.2) is 23.1 Å². The molecule has 0 spiro atoms. The highest BCUT2D eigenvalue weighted by atomic mass is 35.7. The van der Waals surface area contributed by atoms with E-state index in [0.717, 1.165) is 18.4 Å². The Bertz CT molecular complexity index is 484. The predicted octanol–water partition coefficient (Wildman–Crippen LogP) is 2.96. The normalized spacial score (nSPS) is 21.1. The first-order chi connectivity index (χ1) is 6.98. The molecule has 2 nitrogen and oxygen atoms in total. The Labute approximate surface area is 92.5 Å². The Hall–Kier alpha value is -0.610. The van der Waals surface area contributed by atoms with Gasteiger partial charge in [-0.3, -0.25) is 0 Å². The van der Waals surface area contributed by atoms with Gasteiger partial charge in [0, 0.05) is 10.7 Å². The number of benzene rings is 1. The molecule has 0 aromatic heterocycles. The fraction of sp³-hybridized carbons (Fsp3) is 0.400. The zero-order valence-electron chi connectivity index (χ0n) is 7.91. The Balaban J connectivity index is 2.51. The molecule has 0 fully saturated rings. The molecular formula is C10H10ClFO2S. The number of aryl methyl sites for hydroxylation is 1. The quantitative estimate of drug-likeness (QED) is 0.716. The molecule has 0 aliphatic heterocycles. The molecule has 15 heavy (non-hydrogen) atoms. The maximum Gasteiger partial charge on any atom is 0.261 e. The van der Waals surface area contributed by atoms with Crippen molar-refractivity contribution in [2.24, 2.45) is 0 Å². The summed E-state index contributed by atoms with van der Waals surface area (Å²) in [5.41, 5.74) is 1.36. The molecule has 1 atom stereocenters. The van der Waals surface area contributed by atoms with E-state index in [1.54, 1.807) is 0 Å². The zero-order chi connectivity index (χ0) is 11.1. The first-order valence-corrected chi connectivity index (χ1v) is 7.01. The molecule has 1 aromatic rings. The van der Waals surface area contributed by atoms with Gasteiger partial charge in [-0.05, 0) is 42.5 Å². The van der Waals surface area contributed by atoms with E-state index in [4.69, 9.17) is 10.7 Å². The van der Waals surface area contributed by atoms with E-state index < -0.39 is 15.2 Å². The summed E-state index contributed by atoms with van der Waals surface area (Å²) in [6, 6.07) is 4.36. The van der Waals surface area contributed by atoms with Crippen LogP contribution in [0.1, 0.15) is 30.1 Å². The van der Waals surface area contributed by atoms with Crippen LogP contribution in [0.2, 0.25) is 0 Å². The second-order valence-electron chi connectivity index (χ2n) is 3.66. The van der Waals surface area contributed by atoms with Crippen molar-refractivity contribution < 1.29 is 12.8 Å². The van der Waals surface area contributed by atoms with Gasteiger partial charge in [-0.2, -0.15) is 0 Å². The van der Waals surface area contributed by atoms with Gasteiger partial charge in [-0.15, -0.1) is 0 Å². The molecule has 0 heterocycles. The molecule has 1 aliphatic rings.